The first-order valence-electron chi connectivity index (χ1n) is 19.1. The molecule has 0 aliphatic heterocycles. The predicted molar refractivity (Wildman–Crippen MR) is 241 cm³/mol. The van der Waals surface area contributed by atoms with E-state index in [-0.39, 0.29) is 0 Å². The van der Waals surface area contributed by atoms with Gasteiger partial charge in [-0.25, -0.2) is 0 Å². The summed E-state index contributed by atoms with van der Waals surface area (Å²) >= 11 is 1.86. The van der Waals surface area contributed by atoms with Gasteiger partial charge in [0.05, 0.1) is 11.4 Å². The zero-order valence-corrected chi connectivity index (χ0v) is 31.5. The molecule has 0 fully saturated rings. The summed E-state index contributed by atoms with van der Waals surface area (Å²) in [5.74, 6) is 0. The summed E-state index contributed by atoms with van der Waals surface area (Å²) in [4.78, 5) is 2.44. The van der Waals surface area contributed by atoms with E-state index in [4.69, 9.17) is 0 Å². The van der Waals surface area contributed by atoms with Crippen LogP contribution in [0.3, 0.4) is 0 Å². The minimum Gasteiger partial charge on any atom is -0.309 e. The Morgan fingerprint density at radius 1 is 0.268 bits per heavy atom. The highest BCUT2D eigenvalue weighted by Crippen LogP contribution is 2.47. The van der Waals surface area contributed by atoms with Crippen molar-refractivity contribution in [1.82, 2.24) is 0 Å². The van der Waals surface area contributed by atoms with Gasteiger partial charge in [0.1, 0.15) is 0 Å². The third-order valence-electron chi connectivity index (χ3n) is 10.7. The molecule has 0 radical (unpaired) electrons. The first-order valence-corrected chi connectivity index (χ1v) is 19.9. The third kappa shape index (κ3) is 6.17. The fraction of sp³-hybridized carbons (Fsp3) is 0. The van der Waals surface area contributed by atoms with Crippen LogP contribution in [0.15, 0.2) is 224 Å². The number of thiophene rings is 1. The van der Waals surface area contributed by atoms with Crippen LogP contribution >= 0.6 is 11.3 Å². The first kappa shape index (κ1) is 33.6. The van der Waals surface area contributed by atoms with Crippen LogP contribution in [0.25, 0.3) is 75.8 Å². The van der Waals surface area contributed by atoms with E-state index in [2.05, 4.69) is 229 Å². The molecular weight excluding hydrogens is 695 g/mol. The molecule has 0 atom stereocenters. The fourth-order valence-electron chi connectivity index (χ4n) is 8.08. The summed E-state index contributed by atoms with van der Waals surface area (Å²) in [7, 11) is 0. The summed E-state index contributed by atoms with van der Waals surface area (Å²) in [5.41, 5.74) is 15.2. The molecule has 0 unspecified atom stereocenters. The van der Waals surface area contributed by atoms with E-state index >= 15 is 0 Å². The van der Waals surface area contributed by atoms with E-state index in [0.717, 1.165) is 22.6 Å². The molecule has 1 nitrogen and oxygen atoms in total. The Kier molecular flexibility index (Phi) is 8.79. The number of rotatable bonds is 8. The van der Waals surface area contributed by atoms with E-state index < -0.39 is 0 Å². The van der Waals surface area contributed by atoms with Gasteiger partial charge in [-0.05, 0) is 87.0 Å². The van der Waals surface area contributed by atoms with Crippen molar-refractivity contribution in [3.63, 3.8) is 0 Å². The SMILES string of the molecule is c1ccc(-c2ccccc2-c2ccccc2-c2ccccc2N(c2ccc(-c3ccc4sc5ccccc5c4c3)cc2)c2ccccc2-c2ccccc2)cc1. The summed E-state index contributed by atoms with van der Waals surface area (Å²) in [6.45, 7) is 0. The van der Waals surface area contributed by atoms with Crippen LogP contribution < -0.4 is 4.90 Å². The van der Waals surface area contributed by atoms with E-state index in [9.17, 15) is 0 Å². The monoisotopic (exact) mass is 731 g/mol. The summed E-state index contributed by atoms with van der Waals surface area (Å²) in [6, 6.07) is 81.3. The molecule has 0 amide bonds. The normalized spacial score (nSPS) is 11.2. The molecule has 0 saturated carbocycles. The topological polar surface area (TPSA) is 3.24 Å². The van der Waals surface area contributed by atoms with E-state index in [1.165, 1.54) is 70.2 Å². The third-order valence-corrected chi connectivity index (χ3v) is 11.9. The minimum atomic E-state index is 1.09. The van der Waals surface area contributed by atoms with Crippen LogP contribution in [-0.2, 0) is 0 Å². The average molecular weight is 732 g/mol. The number of nitrogens with zero attached hydrogens (tertiary/aromatic N) is 1. The standard InChI is InChI=1S/C54H37NS/c1-3-17-39(18-4-1)43-21-7-8-23-45(43)46-24-9-10-25-47(46)48-26-12-15-29-52(48)55(51-28-14-11-22-44(51)40-19-5-2-6-20-40)42-34-31-38(32-35-42)41-33-36-54-50(37-41)49-27-13-16-30-53(49)56-54/h1-37H. The zero-order chi connectivity index (χ0) is 37.3. The second kappa shape index (κ2) is 14.7. The molecule has 0 N–H and O–H groups in total. The zero-order valence-electron chi connectivity index (χ0n) is 30.7. The molecule has 1 aromatic heterocycles. The lowest BCUT2D eigenvalue weighted by Gasteiger charge is -2.30. The maximum atomic E-state index is 2.44. The Morgan fingerprint density at radius 2 is 0.714 bits per heavy atom. The van der Waals surface area contributed by atoms with Gasteiger partial charge in [-0.3, -0.25) is 0 Å². The molecule has 0 spiro atoms. The lowest BCUT2D eigenvalue weighted by Crippen LogP contribution is -2.12. The second-order valence-electron chi connectivity index (χ2n) is 14.0. The van der Waals surface area contributed by atoms with Gasteiger partial charge < -0.3 is 4.90 Å². The molecule has 1 heterocycles. The number of benzene rings is 9. The molecule has 0 saturated heterocycles. The van der Waals surface area contributed by atoms with Crippen molar-refractivity contribution in [2.45, 2.75) is 0 Å². The molecule has 10 rings (SSSR count). The number of hydrogen-bond donors (Lipinski definition) is 0. The van der Waals surface area contributed by atoms with Gasteiger partial charge in [0.2, 0.25) is 0 Å². The van der Waals surface area contributed by atoms with Crippen molar-refractivity contribution < 1.29 is 0 Å². The molecular formula is C54H37NS. The van der Waals surface area contributed by atoms with Gasteiger partial charge >= 0.3 is 0 Å². The van der Waals surface area contributed by atoms with E-state index in [1.807, 2.05) is 11.3 Å². The van der Waals surface area contributed by atoms with Gasteiger partial charge in [-0.15, -0.1) is 11.3 Å². The molecule has 56 heavy (non-hydrogen) atoms. The van der Waals surface area contributed by atoms with Crippen molar-refractivity contribution in [3.8, 4) is 55.6 Å². The van der Waals surface area contributed by atoms with Crippen molar-refractivity contribution in [3.05, 3.63) is 224 Å². The van der Waals surface area contributed by atoms with E-state index in [1.54, 1.807) is 0 Å². The van der Waals surface area contributed by atoms with Crippen molar-refractivity contribution in [1.29, 1.82) is 0 Å². The molecule has 9 aromatic carbocycles. The Morgan fingerprint density at radius 3 is 1.39 bits per heavy atom. The lowest BCUT2D eigenvalue weighted by molar-refractivity contribution is 1.28. The Labute approximate surface area is 332 Å². The summed E-state index contributed by atoms with van der Waals surface area (Å²) in [5, 5.41) is 2.63. The lowest BCUT2D eigenvalue weighted by atomic mass is 9.88. The number of anilines is 3. The quantitative estimate of drug-likeness (QED) is 0.150. The summed E-state index contributed by atoms with van der Waals surface area (Å²) < 4.78 is 2.64. The van der Waals surface area contributed by atoms with Gasteiger partial charge in [0.25, 0.3) is 0 Å². The molecule has 10 aromatic rings. The van der Waals surface area contributed by atoms with Crippen LogP contribution in [-0.4, -0.2) is 0 Å². The van der Waals surface area contributed by atoms with Gasteiger partial charge in [-0.1, -0.05) is 182 Å². The Bertz CT molecular complexity index is 2960. The molecule has 264 valence electrons. The van der Waals surface area contributed by atoms with Crippen LogP contribution in [0.5, 0.6) is 0 Å². The highest BCUT2D eigenvalue weighted by Gasteiger charge is 2.22. The first-order chi connectivity index (χ1) is 27.8. The molecule has 0 aliphatic carbocycles. The van der Waals surface area contributed by atoms with Crippen LogP contribution in [0.1, 0.15) is 0 Å². The van der Waals surface area contributed by atoms with Crippen LogP contribution in [0.4, 0.5) is 17.1 Å². The minimum absolute atomic E-state index is 1.09. The van der Waals surface area contributed by atoms with Gasteiger partial charge in [0.15, 0.2) is 0 Å². The maximum absolute atomic E-state index is 2.44. The highest BCUT2D eigenvalue weighted by atomic mass is 32.1. The smallest absolute Gasteiger partial charge is 0.0540 e. The van der Waals surface area contributed by atoms with Crippen LogP contribution in [0.2, 0.25) is 0 Å². The van der Waals surface area contributed by atoms with E-state index in [0.29, 0.717) is 0 Å². The Balaban J connectivity index is 1.15. The van der Waals surface area contributed by atoms with Gasteiger partial charge in [0, 0.05) is 37.0 Å². The molecule has 0 bridgehead atoms. The van der Waals surface area contributed by atoms with Crippen molar-refractivity contribution >= 4 is 48.6 Å². The van der Waals surface area contributed by atoms with Crippen LogP contribution in [0, 0.1) is 0 Å². The van der Waals surface area contributed by atoms with Crippen molar-refractivity contribution in [2.75, 3.05) is 4.90 Å². The maximum Gasteiger partial charge on any atom is 0.0540 e. The van der Waals surface area contributed by atoms with Crippen molar-refractivity contribution in [2.24, 2.45) is 0 Å². The average Bonchev–Trinajstić information content (AvgIpc) is 3.66. The predicted octanol–water partition coefficient (Wildman–Crippen LogP) is 15.9. The number of hydrogen-bond acceptors (Lipinski definition) is 2. The fourth-order valence-corrected chi connectivity index (χ4v) is 9.17. The number of fused-ring (bicyclic) bond motifs is 3. The summed E-state index contributed by atoms with van der Waals surface area (Å²) in [6.07, 6.45) is 0. The molecule has 2 heteroatoms. The van der Waals surface area contributed by atoms with Gasteiger partial charge in [-0.2, -0.15) is 0 Å². The second-order valence-corrected chi connectivity index (χ2v) is 15.1. The largest absolute Gasteiger partial charge is 0.309 e. The molecule has 0 aliphatic rings. The highest BCUT2D eigenvalue weighted by molar-refractivity contribution is 7.25. The Hall–Kier alpha value is -7.00. The number of para-hydroxylation sites is 2.